The second kappa shape index (κ2) is 7.69. The lowest BCUT2D eigenvalue weighted by Crippen LogP contribution is -2.42. The Bertz CT molecular complexity index is 862. The van der Waals surface area contributed by atoms with Crippen molar-refractivity contribution in [2.45, 2.75) is 6.42 Å². The molecule has 0 saturated heterocycles. The van der Waals surface area contributed by atoms with E-state index in [1.54, 1.807) is 29.5 Å². The van der Waals surface area contributed by atoms with Crippen LogP contribution in [0.5, 0.6) is 0 Å². The summed E-state index contributed by atoms with van der Waals surface area (Å²) in [6.45, 7) is 0. The number of nitrogens with zero attached hydrogens (tertiary/aromatic N) is 1. The lowest BCUT2D eigenvalue weighted by Gasteiger charge is -2.07. The number of thiazole rings is 1. The number of hydrazine groups is 1. The van der Waals surface area contributed by atoms with E-state index < -0.39 is 0 Å². The minimum Gasteiger partial charge on any atom is -0.273 e. The van der Waals surface area contributed by atoms with Gasteiger partial charge in [0.1, 0.15) is 5.01 Å². The second-order valence-electron chi connectivity index (χ2n) is 4.78. The van der Waals surface area contributed by atoms with Crippen LogP contribution in [0.15, 0.2) is 51.6 Å². The van der Waals surface area contributed by atoms with E-state index in [1.807, 2.05) is 29.0 Å². The maximum absolute atomic E-state index is 12.0. The third-order valence-corrected chi connectivity index (χ3v) is 5.68. The van der Waals surface area contributed by atoms with Crippen molar-refractivity contribution >= 4 is 50.4 Å². The van der Waals surface area contributed by atoms with Crippen LogP contribution in [0.25, 0.3) is 9.88 Å². The number of nitrogens with one attached hydrogen (secondary N) is 2. The van der Waals surface area contributed by atoms with E-state index in [1.165, 1.54) is 11.3 Å². The van der Waals surface area contributed by atoms with Crippen molar-refractivity contribution in [3.05, 3.63) is 62.9 Å². The fraction of sp³-hybridized carbons (Fsp3) is 0.0625. The van der Waals surface area contributed by atoms with Gasteiger partial charge in [-0.2, -0.15) is 0 Å². The summed E-state index contributed by atoms with van der Waals surface area (Å²) in [6.07, 6.45) is 0.109. The van der Waals surface area contributed by atoms with Gasteiger partial charge in [-0.15, -0.1) is 22.7 Å². The molecule has 5 nitrogen and oxygen atoms in total. The van der Waals surface area contributed by atoms with E-state index in [2.05, 4.69) is 31.8 Å². The van der Waals surface area contributed by atoms with E-state index >= 15 is 0 Å². The molecule has 24 heavy (non-hydrogen) atoms. The Morgan fingerprint density at radius 1 is 1.08 bits per heavy atom. The summed E-state index contributed by atoms with van der Waals surface area (Å²) in [5.74, 6) is -0.702. The SMILES string of the molecule is O=C(Cc1csc(-c2cccs2)n1)NNC(=O)c1ccccc1Br. The fourth-order valence-corrected chi connectivity index (χ4v) is 4.05. The molecule has 0 bridgehead atoms. The molecule has 0 aliphatic rings. The summed E-state index contributed by atoms with van der Waals surface area (Å²) in [5, 5.41) is 4.73. The van der Waals surface area contributed by atoms with Gasteiger partial charge < -0.3 is 0 Å². The Morgan fingerprint density at radius 2 is 1.92 bits per heavy atom. The number of benzene rings is 1. The summed E-state index contributed by atoms with van der Waals surface area (Å²) < 4.78 is 0.664. The number of carbonyl (C=O) groups excluding carboxylic acids is 2. The quantitative estimate of drug-likeness (QED) is 0.631. The van der Waals surface area contributed by atoms with E-state index in [9.17, 15) is 9.59 Å². The summed E-state index contributed by atoms with van der Waals surface area (Å²) >= 11 is 6.40. The minimum absolute atomic E-state index is 0.109. The third-order valence-electron chi connectivity index (χ3n) is 3.06. The van der Waals surface area contributed by atoms with Crippen LogP contribution in [0.4, 0.5) is 0 Å². The predicted octanol–water partition coefficient (Wildman–Crippen LogP) is 3.64. The maximum atomic E-state index is 12.0. The molecule has 0 atom stereocenters. The second-order valence-corrected chi connectivity index (χ2v) is 7.44. The Balaban J connectivity index is 1.55. The van der Waals surface area contributed by atoms with Gasteiger partial charge in [0.15, 0.2) is 0 Å². The van der Waals surface area contributed by atoms with Crippen molar-refractivity contribution in [2.75, 3.05) is 0 Å². The standard InChI is InChI=1S/C16H12BrN3O2S2/c17-12-5-2-1-4-11(12)15(22)20-19-14(21)8-10-9-24-16(18-10)13-6-3-7-23-13/h1-7,9H,8H2,(H,19,21)(H,20,22). The number of carbonyl (C=O) groups is 2. The normalized spacial score (nSPS) is 10.4. The van der Waals surface area contributed by atoms with Gasteiger partial charge in [0.05, 0.1) is 22.6 Å². The van der Waals surface area contributed by atoms with Crippen LogP contribution in [0.2, 0.25) is 0 Å². The number of hydrogen-bond donors (Lipinski definition) is 2. The van der Waals surface area contributed by atoms with Gasteiger partial charge in [-0.1, -0.05) is 18.2 Å². The smallest absolute Gasteiger partial charge is 0.270 e. The van der Waals surface area contributed by atoms with Crippen LogP contribution in [-0.4, -0.2) is 16.8 Å². The van der Waals surface area contributed by atoms with Gasteiger partial charge in [-0.05, 0) is 39.5 Å². The van der Waals surface area contributed by atoms with Crippen molar-refractivity contribution in [3.63, 3.8) is 0 Å². The summed E-state index contributed by atoms with van der Waals surface area (Å²) in [7, 11) is 0. The highest BCUT2D eigenvalue weighted by Crippen LogP contribution is 2.27. The van der Waals surface area contributed by atoms with Gasteiger partial charge in [-0.25, -0.2) is 4.98 Å². The van der Waals surface area contributed by atoms with Crippen molar-refractivity contribution in [2.24, 2.45) is 0 Å². The van der Waals surface area contributed by atoms with E-state index in [0.29, 0.717) is 15.7 Å². The molecule has 2 N–H and O–H groups in total. The topological polar surface area (TPSA) is 71.1 Å². The molecular weight excluding hydrogens is 410 g/mol. The molecule has 3 aromatic rings. The van der Waals surface area contributed by atoms with Crippen LogP contribution in [-0.2, 0) is 11.2 Å². The van der Waals surface area contributed by atoms with E-state index in [-0.39, 0.29) is 18.2 Å². The molecule has 8 heteroatoms. The van der Waals surface area contributed by atoms with Crippen LogP contribution < -0.4 is 10.9 Å². The van der Waals surface area contributed by atoms with Crippen LogP contribution in [0, 0.1) is 0 Å². The molecule has 3 rings (SSSR count). The molecule has 0 aliphatic heterocycles. The Hall–Kier alpha value is -2.03. The van der Waals surface area contributed by atoms with Crippen LogP contribution in [0.1, 0.15) is 16.1 Å². The van der Waals surface area contributed by atoms with Crippen LogP contribution in [0.3, 0.4) is 0 Å². The van der Waals surface area contributed by atoms with Gasteiger partial charge >= 0.3 is 0 Å². The van der Waals surface area contributed by atoms with Gasteiger partial charge in [0.25, 0.3) is 5.91 Å². The number of rotatable bonds is 4. The summed E-state index contributed by atoms with van der Waals surface area (Å²) in [5.41, 5.74) is 5.94. The zero-order chi connectivity index (χ0) is 16.9. The monoisotopic (exact) mass is 421 g/mol. The zero-order valence-electron chi connectivity index (χ0n) is 12.3. The number of hydrogen-bond acceptors (Lipinski definition) is 5. The first kappa shape index (κ1) is 16.8. The Morgan fingerprint density at radius 3 is 2.67 bits per heavy atom. The van der Waals surface area contributed by atoms with Crippen molar-refractivity contribution in [3.8, 4) is 9.88 Å². The molecule has 0 aliphatic carbocycles. The van der Waals surface area contributed by atoms with Crippen molar-refractivity contribution < 1.29 is 9.59 Å². The summed E-state index contributed by atoms with van der Waals surface area (Å²) in [6, 6.07) is 10.9. The van der Waals surface area contributed by atoms with E-state index in [4.69, 9.17) is 0 Å². The fourth-order valence-electron chi connectivity index (χ4n) is 1.95. The maximum Gasteiger partial charge on any atom is 0.270 e. The lowest BCUT2D eigenvalue weighted by atomic mass is 10.2. The molecule has 0 spiro atoms. The first-order valence-corrected chi connectivity index (χ1v) is 9.50. The Labute approximate surface area is 154 Å². The number of amides is 2. The molecule has 1 aromatic carbocycles. The molecule has 0 fully saturated rings. The first-order chi connectivity index (χ1) is 11.6. The third kappa shape index (κ3) is 4.08. The predicted molar refractivity (Wildman–Crippen MR) is 98.9 cm³/mol. The van der Waals surface area contributed by atoms with Gasteiger partial charge in [0, 0.05) is 9.85 Å². The minimum atomic E-state index is -0.381. The molecule has 2 amide bonds. The number of aromatic nitrogens is 1. The average Bonchev–Trinajstić information content (AvgIpc) is 3.24. The van der Waals surface area contributed by atoms with Crippen LogP contribution >= 0.6 is 38.6 Å². The van der Waals surface area contributed by atoms with E-state index in [0.717, 1.165) is 9.88 Å². The molecule has 0 unspecified atom stereocenters. The number of halogens is 1. The van der Waals surface area contributed by atoms with Gasteiger partial charge in [0.2, 0.25) is 5.91 Å². The molecule has 2 heterocycles. The van der Waals surface area contributed by atoms with Crippen molar-refractivity contribution in [1.82, 2.24) is 15.8 Å². The largest absolute Gasteiger partial charge is 0.273 e. The van der Waals surface area contributed by atoms with Gasteiger partial charge in [-0.3, -0.25) is 20.4 Å². The molecule has 2 aromatic heterocycles. The molecular formula is C16H12BrN3O2S2. The first-order valence-electron chi connectivity index (χ1n) is 6.95. The highest BCUT2D eigenvalue weighted by atomic mass is 79.9. The molecule has 122 valence electrons. The molecule has 0 radical (unpaired) electrons. The average molecular weight is 422 g/mol. The Kier molecular flexibility index (Phi) is 5.39. The zero-order valence-corrected chi connectivity index (χ0v) is 15.5. The highest BCUT2D eigenvalue weighted by molar-refractivity contribution is 9.10. The number of thiophene rings is 1. The highest BCUT2D eigenvalue weighted by Gasteiger charge is 2.12. The van der Waals surface area contributed by atoms with Crippen molar-refractivity contribution in [1.29, 1.82) is 0 Å². The molecule has 0 saturated carbocycles. The lowest BCUT2D eigenvalue weighted by molar-refractivity contribution is -0.121. The summed E-state index contributed by atoms with van der Waals surface area (Å²) in [4.78, 5) is 29.5.